The van der Waals surface area contributed by atoms with Crippen LogP contribution in [-0.2, 0) is 16.1 Å². The summed E-state index contributed by atoms with van der Waals surface area (Å²) in [6.45, 7) is 12.0. The predicted molar refractivity (Wildman–Crippen MR) is 125 cm³/mol. The SMILES string of the molecule is CC.Cc1c(/C=C\C=O)sc2c(N(Cc3cccs3)C(=O)OC(C)(C)C)snc12. The second-order valence-corrected chi connectivity index (χ2v) is 9.73. The largest absolute Gasteiger partial charge is 0.443 e. The fourth-order valence-electron chi connectivity index (χ4n) is 2.46. The van der Waals surface area contributed by atoms with Crippen molar-refractivity contribution in [3.63, 3.8) is 0 Å². The lowest BCUT2D eigenvalue weighted by atomic mass is 10.2. The smallest absolute Gasteiger partial charge is 0.415 e. The van der Waals surface area contributed by atoms with E-state index in [-0.39, 0.29) is 0 Å². The molecule has 3 aromatic rings. The minimum Gasteiger partial charge on any atom is -0.443 e. The monoisotopic (exact) mass is 450 g/mol. The molecule has 0 N–H and O–H groups in total. The minimum atomic E-state index is -0.586. The van der Waals surface area contributed by atoms with Crippen molar-refractivity contribution in [3.8, 4) is 0 Å². The van der Waals surface area contributed by atoms with Gasteiger partial charge in [-0.05, 0) is 68.4 Å². The van der Waals surface area contributed by atoms with Gasteiger partial charge in [0, 0.05) is 9.75 Å². The van der Waals surface area contributed by atoms with Crippen molar-refractivity contribution in [1.29, 1.82) is 0 Å². The lowest BCUT2D eigenvalue weighted by Gasteiger charge is -2.26. The summed E-state index contributed by atoms with van der Waals surface area (Å²) in [7, 11) is 0. The van der Waals surface area contributed by atoms with Gasteiger partial charge >= 0.3 is 6.09 Å². The van der Waals surface area contributed by atoms with E-state index in [2.05, 4.69) is 4.37 Å². The van der Waals surface area contributed by atoms with E-state index in [0.717, 1.165) is 36.8 Å². The number of hydrogen-bond donors (Lipinski definition) is 0. The van der Waals surface area contributed by atoms with E-state index in [1.165, 1.54) is 28.9 Å². The zero-order valence-corrected chi connectivity index (χ0v) is 20.0. The zero-order chi connectivity index (χ0) is 21.6. The van der Waals surface area contributed by atoms with Crippen molar-refractivity contribution < 1.29 is 14.3 Å². The highest BCUT2D eigenvalue weighted by molar-refractivity contribution is 7.25. The third-order valence-corrected chi connectivity index (χ3v) is 6.76. The lowest BCUT2D eigenvalue weighted by molar-refractivity contribution is -0.104. The van der Waals surface area contributed by atoms with Gasteiger partial charge in [-0.2, -0.15) is 4.37 Å². The molecule has 0 saturated carbocycles. The summed E-state index contributed by atoms with van der Waals surface area (Å²) in [5, 5.41) is 2.76. The summed E-state index contributed by atoms with van der Waals surface area (Å²) in [5.41, 5.74) is 1.29. The van der Waals surface area contributed by atoms with Crippen LogP contribution in [0.5, 0.6) is 0 Å². The number of carbonyl (C=O) groups is 2. The summed E-state index contributed by atoms with van der Waals surface area (Å²) >= 11 is 4.42. The second kappa shape index (κ2) is 10.1. The highest BCUT2D eigenvalue weighted by atomic mass is 32.1. The van der Waals surface area contributed by atoms with E-state index < -0.39 is 11.7 Å². The van der Waals surface area contributed by atoms with Gasteiger partial charge in [0.25, 0.3) is 0 Å². The van der Waals surface area contributed by atoms with Gasteiger partial charge in [-0.3, -0.25) is 9.69 Å². The van der Waals surface area contributed by atoms with E-state index in [1.54, 1.807) is 22.3 Å². The molecule has 156 valence electrons. The van der Waals surface area contributed by atoms with Crippen molar-refractivity contribution in [1.82, 2.24) is 4.37 Å². The van der Waals surface area contributed by atoms with Crippen LogP contribution in [0.25, 0.3) is 16.3 Å². The average molecular weight is 451 g/mol. The number of rotatable bonds is 5. The molecule has 5 nitrogen and oxygen atoms in total. The van der Waals surface area contributed by atoms with Gasteiger partial charge in [0.2, 0.25) is 0 Å². The molecule has 0 atom stereocenters. The molecule has 0 fully saturated rings. The first-order valence-corrected chi connectivity index (χ1v) is 11.8. The fraction of sp³-hybridized carbons (Fsp3) is 0.381. The number of carbonyl (C=O) groups excluding carboxylic acids is 2. The van der Waals surface area contributed by atoms with Crippen LogP contribution in [0.4, 0.5) is 9.80 Å². The summed E-state index contributed by atoms with van der Waals surface area (Å²) in [4.78, 5) is 27.3. The number of thiophene rings is 2. The second-order valence-electron chi connectivity index (χ2n) is 6.90. The van der Waals surface area contributed by atoms with Gasteiger partial charge in [-0.15, -0.1) is 22.7 Å². The molecule has 0 spiro atoms. The highest BCUT2D eigenvalue weighted by Gasteiger charge is 2.28. The number of aromatic nitrogens is 1. The Morgan fingerprint density at radius 1 is 1.31 bits per heavy atom. The van der Waals surface area contributed by atoms with Crippen LogP contribution < -0.4 is 4.90 Å². The molecule has 3 heterocycles. The van der Waals surface area contributed by atoms with Crippen molar-refractivity contribution >= 4 is 67.9 Å². The number of aryl methyl sites for hydroxylation is 1. The molecule has 0 radical (unpaired) electrons. The number of aldehydes is 1. The van der Waals surface area contributed by atoms with E-state index >= 15 is 0 Å². The summed E-state index contributed by atoms with van der Waals surface area (Å²) < 4.78 is 11.1. The molecule has 0 saturated heterocycles. The number of anilines is 1. The van der Waals surface area contributed by atoms with Crippen molar-refractivity contribution in [2.24, 2.45) is 0 Å². The van der Waals surface area contributed by atoms with Gasteiger partial charge in [0.15, 0.2) is 0 Å². The lowest BCUT2D eigenvalue weighted by Crippen LogP contribution is -2.36. The molecule has 29 heavy (non-hydrogen) atoms. The first-order chi connectivity index (χ1) is 13.8. The molecule has 0 bridgehead atoms. The molecule has 1 amide bonds. The van der Waals surface area contributed by atoms with Crippen LogP contribution in [0, 0.1) is 6.92 Å². The fourth-order valence-corrected chi connectivity index (χ4v) is 5.38. The molecule has 0 unspecified atom stereocenters. The molecule has 3 rings (SSSR count). The van der Waals surface area contributed by atoms with Crippen molar-refractivity contribution in [3.05, 3.63) is 38.9 Å². The normalized spacial score (nSPS) is 11.4. The zero-order valence-electron chi connectivity index (χ0n) is 17.5. The molecule has 0 aliphatic heterocycles. The van der Waals surface area contributed by atoms with Crippen LogP contribution in [0.1, 0.15) is 49.9 Å². The Labute approximate surface area is 183 Å². The molecule has 0 aromatic carbocycles. The Morgan fingerprint density at radius 2 is 2.03 bits per heavy atom. The number of nitrogens with zero attached hydrogens (tertiary/aromatic N) is 2. The van der Waals surface area contributed by atoms with Crippen molar-refractivity contribution in [2.45, 2.75) is 53.7 Å². The average Bonchev–Trinajstić information content (AvgIpc) is 3.38. The first kappa shape index (κ1) is 23.3. The van der Waals surface area contributed by atoms with Gasteiger partial charge < -0.3 is 4.74 Å². The maximum atomic E-state index is 12.9. The Morgan fingerprint density at radius 3 is 2.62 bits per heavy atom. The maximum Gasteiger partial charge on any atom is 0.415 e. The van der Waals surface area contributed by atoms with Crippen molar-refractivity contribution in [2.75, 3.05) is 4.90 Å². The summed E-state index contributed by atoms with van der Waals surface area (Å²) in [6.07, 6.45) is 3.61. The van der Waals surface area contributed by atoms with E-state index in [0.29, 0.717) is 6.54 Å². The minimum absolute atomic E-state index is 0.391. The third kappa shape index (κ3) is 5.74. The third-order valence-electron chi connectivity index (χ3n) is 3.65. The van der Waals surface area contributed by atoms with Crippen LogP contribution in [0.15, 0.2) is 23.6 Å². The van der Waals surface area contributed by atoms with Crippen LogP contribution in [-0.4, -0.2) is 22.4 Å². The highest BCUT2D eigenvalue weighted by Crippen LogP contribution is 2.41. The number of hydrogen-bond acceptors (Lipinski definition) is 7. The molecule has 8 heteroatoms. The number of ether oxygens (including phenoxy) is 1. The van der Waals surface area contributed by atoms with Crippen LogP contribution in [0.2, 0.25) is 0 Å². The van der Waals surface area contributed by atoms with E-state index in [1.807, 2.05) is 59.1 Å². The molecule has 3 aromatic heterocycles. The van der Waals surface area contributed by atoms with Gasteiger partial charge in [-0.1, -0.05) is 19.9 Å². The van der Waals surface area contributed by atoms with Gasteiger partial charge in [0.1, 0.15) is 22.4 Å². The van der Waals surface area contributed by atoms with Crippen LogP contribution >= 0.6 is 34.2 Å². The first-order valence-electron chi connectivity index (χ1n) is 9.33. The number of fused-ring (bicyclic) bond motifs is 1. The Hall–Kier alpha value is -2.03. The molecular formula is C21H26N2O3S3. The van der Waals surface area contributed by atoms with E-state index in [9.17, 15) is 9.59 Å². The Bertz CT molecular complexity index is 979. The summed E-state index contributed by atoms with van der Waals surface area (Å²) in [5.74, 6) is 0. The number of allylic oxidation sites excluding steroid dienone is 1. The Kier molecular flexibility index (Phi) is 8.13. The van der Waals surface area contributed by atoms with E-state index in [4.69, 9.17) is 4.74 Å². The molecule has 0 aliphatic rings. The maximum absolute atomic E-state index is 12.9. The predicted octanol–water partition coefficient (Wildman–Crippen LogP) is 6.91. The van der Waals surface area contributed by atoms with Gasteiger partial charge in [0.05, 0.1) is 11.2 Å². The standard InChI is InChI=1S/C19H20N2O3S3.C2H6/c1-12-14(8-5-9-22)26-16-15(12)20-27-17(16)21(11-13-7-6-10-25-13)18(23)24-19(2,3)4;1-2/h5-10H,11H2,1-4H3;1-2H3/b8-5-;. The number of amides is 1. The molecular weight excluding hydrogens is 424 g/mol. The quantitative estimate of drug-likeness (QED) is 0.313. The summed E-state index contributed by atoms with van der Waals surface area (Å²) in [6, 6.07) is 3.96. The van der Waals surface area contributed by atoms with Gasteiger partial charge in [-0.25, -0.2) is 4.79 Å². The topological polar surface area (TPSA) is 59.5 Å². The molecule has 0 aliphatic carbocycles. The van der Waals surface area contributed by atoms with Crippen LogP contribution in [0.3, 0.4) is 0 Å². The Balaban J connectivity index is 0.00000145.